The van der Waals surface area contributed by atoms with Crippen LogP contribution in [0.5, 0.6) is 0 Å². The molecule has 1 aromatic carbocycles. The Morgan fingerprint density at radius 3 is 2.28 bits per heavy atom. The number of benzene rings is 1. The molecular formula is C15H21ClN2. The van der Waals surface area contributed by atoms with E-state index in [1.54, 1.807) is 0 Å². The van der Waals surface area contributed by atoms with Gasteiger partial charge in [-0.25, -0.2) is 0 Å². The Labute approximate surface area is 115 Å². The van der Waals surface area contributed by atoms with Gasteiger partial charge in [0.05, 0.1) is 0 Å². The van der Waals surface area contributed by atoms with Crippen LogP contribution >= 0.6 is 11.6 Å². The molecule has 98 valence electrons. The summed E-state index contributed by atoms with van der Waals surface area (Å²) in [5, 5.41) is 0.743. The Kier molecular flexibility index (Phi) is 5.24. The highest BCUT2D eigenvalue weighted by atomic mass is 35.5. The smallest absolute Gasteiger partial charge is 0.0336 e. The second-order valence-electron chi connectivity index (χ2n) is 4.87. The number of hydrogen-bond donors (Lipinski definition) is 0. The lowest BCUT2D eigenvalue weighted by Gasteiger charge is -2.34. The standard InChI is InChI=1S/C15H21ClN2/c1-14(16)13-18-11-9-17(10-12-18)8-7-15-5-3-2-4-6-15/h2-6H,1,7-13H2. The van der Waals surface area contributed by atoms with E-state index in [0.29, 0.717) is 0 Å². The molecular weight excluding hydrogens is 244 g/mol. The summed E-state index contributed by atoms with van der Waals surface area (Å²) in [6, 6.07) is 10.7. The summed E-state index contributed by atoms with van der Waals surface area (Å²) in [4.78, 5) is 4.90. The molecule has 0 unspecified atom stereocenters. The van der Waals surface area contributed by atoms with E-state index >= 15 is 0 Å². The first-order valence-corrected chi connectivity index (χ1v) is 6.94. The van der Waals surface area contributed by atoms with E-state index in [1.807, 2.05) is 0 Å². The lowest BCUT2D eigenvalue weighted by molar-refractivity contribution is 0.143. The molecule has 1 saturated heterocycles. The highest BCUT2D eigenvalue weighted by Crippen LogP contribution is 2.08. The Balaban J connectivity index is 1.69. The van der Waals surface area contributed by atoms with E-state index in [0.717, 1.165) is 50.7 Å². The van der Waals surface area contributed by atoms with Crippen LogP contribution < -0.4 is 0 Å². The van der Waals surface area contributed by atoms with E-state index < -0.39 is 0 Å². The number of hydrogen-bond acceptors (Lipinski definition) is 2. The first-order valence-electron chi connectivity index (χ1n) is 6.56. The molecule has 0 bridgehead atoms. The molecule has 1 aliphatic heterocycles. The molecule has 2 rings (SSSR count). The van der Waals surface area contributed by atoms with Crippen molar-refractivity contribution in [2.45, 2.75) is 6.42 Å². The van der Waals surface area contributed by atoms with Gasteiger partial charge in [0.1, 0.15) is 0 Å². The van der Waals surface area contributed by atoms with Crippen molar-refractivity contribution in [1.82, 2.24) is 9.80 Å². The average Bonchev–Trinajstić information content (AvgIpc) is 2.38. The van der Waals surface area contributed by atoms with Crippen molar-refractivity contribution in [3.05, 3.63) is 47.5 Å². The number of halogens is 1. The zero-order valence-electron chi connectivity index (χ0n) is 10.8. The summed E-state index contributed by atoms with van der Waals surface area (Å²) in [7, 11) is 0. The van der Waals surface area contributed by atoms with Crippen molar-refractivity contribution in [2.75, 3.05) is 39.3 Å². The summed E-state index contributed by atoms with van der Waals surface area (Å²) in [5.74, 6) is 0. The molecule has 0 spiro atoms. The summed E-state index contributed by atoms with van der Waals surface area (Å²) in [6.07, 6.45) is 1.14. The molecule has 0 N–H and O–H groups in total. The summed E-state index contributed by atoms with van der Waals surface area (Å²) in [6.45, 7) is 10.2. The number of nitrogens with zero attached hydrogens (tertiary/aromatic N) is 2. The largest absolute Gasteiger partial charge is 0.300 e. The first kappa shape index (κ1) is 13.6. The maximum atomic E-state index is 5.84. The molecule has 0 amide bonds. The predicted octanol–water partition coefficient (Wildman–Crippen LogP) is 2.60. The third kappa shape index (κ3) is 4.45. The normalized spacial score (nSPS) is 17.8. The van der Waals surface area contributed by atoms with Gasteiger partial charge in [-0.2, -0.15) is 0 Å². The molecule has 18 heavy (non-hydrogen) atoms. The van der Waals surface area contributed by atoms with Gasteiger partial charge in [0.2, 0.25) is 0 Å². The molecule has 0 radical (unpaired) electrons. The zero-order valence-corrected chi connectivity index (χ0v) is 11.6. The van der Waals surface area contributed by atoms with Gasteiger partial charge >= 0.3 is 0 Å². The summed E-state index contributed by atoms with van der Waals surface area (Å²) < 4.78 is 0. The van der Waals surface area contributed by atoms with Gasteiger partial charge in [0, 0.05) is 44.3 Å². The number of rotatable bonds is 5. The van der Waals surface area contributed by atoms with E-state index in [4.69, 9.17) is 11.6 Å². The van der Waals surface area contributed by atoms with Crippen LogP contribution in [0.3, 0.4) is 0 Å². The first-order chi connectivity index (χ1) is 8.74. The molecule has 1 aromatic rings. The van der Waals surface area contributed by atoms with Crippen molar-refractivity contribution >= 4 is 11.6 Å². The van der Waals surface area contributed by atoms with Crippen LogP contribution in [-0.4, -0.2) is 49.1 Å². The van der Waals surface area contributed by atoms with Crippen molar-refractivity contribution in [1.29, 1.82) is 0 Å². The molecule has 3 heteroatoms. The monoisotopic (exact) mass is 264 g/mol. The lowest BCUT2D eigenvalue weighted by Crippen LogP contribution is -2.47. The van der Waals surface area contributed by atoms with Crippen molar-refractivity contribution in [2.24, 2.45) is 0 Å². The van der Waals surface area contributed by atoms with Gasteiger partial charge in [-0.15, -0.1) is 0 Å². The Morgan fingerprint density at radius 1 is 1.06 bits per heavy atom. The second kappa shape index (κ2) is 6.93. The molecule has 0 saturated carbocycles. The molecule has 2 nitrogen and oxygen atoms in total. The molecule has 0 aliphatic carbocycles. The van der Waals surface area contributed by atoms with E-state index in [-0.39, 0.29) is 0 Å². The number of piperazine rings is 1. The van der Waals surface area contributed by atoms with Crippen LogP contribution in [0.2, 0.25) is 0 Å². The van der Waals surface area contributed by atoms with Crippen molar-refractivity contribution < 1.29 is 0 Å². The Morgan fingerprint density at radius 2 is 1.67 bits per heavy atom. The zero-order chi connectivity index (χ0) is 12.8. The van der Waals surface area contributed by atoms with Gasteiger partial charge in [-0.05, 0) is 12.0 Å². The average molecular weight is 265 g/mol. The van der Waals surface area contributed by atoms with Crippen molar-refractivity contribution in [3.63, 3.8) is 0 Å². The van der Waals surface area contributed by atoms with Gasteiger partial charge in [-0.1, -0.05) is 48.5 Å². The van der Waals surface area contributed by atoms with E-state index in [9.17, 15) is 0 Å². The quantitative estimate of drug-likeness (QED) is 0.807. The van der Waals surface area contributed by atoms with Crippen molar-refractivity contribution in [3.8, 4) is 0 Å². The van der Waals surface area contributed by atoms with Crippen LogP contribution in [-0.2, 0) is 6.42 Å². The highest BCUT2D eigenvalue weighted by molar-refractivity contribution is 6.29. The maximum Gasteiger partial charge on any atom is 0.0336 e. The van der Waals surface area contributed by atoms with Crippen LogP contribution in [0.4, 0.5) is 0 Å². The minimum atomic E-state index is 0.743. The molecule has 0 aromatic heterocycles. The van der Waals surface area contributed by atoms with Crippen LogP contribution in [0.15, 0.2) is 41.9 Å². The molecule has 1 heterocycles. The third-order valence-corrected chi connectivity index (χ3v) is 3.54. The fraction of sp³-hybridized carbons (Fsp3) is 0.467. The van der Waals surface area contributed by atoms with Gasteiger partial charge < -0.3 is 4.90 Å². The lowest BCUT2D eigenvalue weighted by atomic mass is 10.1. The van der Waals surface area contributed by atoms with Crippen LogP contribution in [0.25, 0.3) is 0 Å². The minimum absolute atomic E-state index is 0.743. The van der Waals surface area contributed by atoms with E-state index in [2.05, 4.69) is 46.7 Å². The van der Waals surface area contributed by atoms with Crippen LogP contribution in [0, 0.1) is 0 Å². The molecule has 1 aliphatic rings. The van der Waals surface area contributed by atoms with E-state index in [1.165, 1.54) is 5.56 Å². The second-order valence-corrected chi connectivity index (χ2v) is 5.41. The fourth-order valence-electron chi connectivity index (χ4n) is 2.35. The molecule has 0 atom stereocenters. The third-order valence-electron chi connectivity index (χ3n) is 3.42. The molecule has 1 fully saturated rings. The van der Waals surface area contributed by atoms with Crippen LogP contribution in [0.1, 0.15) is 5.56 Å². The maximum absolute atomic E-state index is 5.84. The SMILES string of the molecule is C=C(Cl)CN1CCN(CCc2ccccc2)CC1. The summed E-state index contributed by atoms with van der Waals surface area (Å²) >= 11 is 5.84. The minimum Gasteiger partial charge on any atom is -0.300 e. The highest BCUT2D eigenvalue weighted by Gasteiger charge is 2.16. The topological polar surface area (TPSA) is 6.48 Å². The summed E-state index contributed by atoms with van der Waals surface area (Å²) in [5.41, 5.74) is 1.43. The van der Waals surface area contributed by atoms with Gasteiger partial charge in [-0.3, -0.25) is 4.90 Å². The predicted molar refractivity (Wildman–Crippen MR) is 78.0 cm³/mol. The Bertz CT molecular complexity index is 369. The van der Waals surface area contributed by atoms with Gasteiger partial charge in [0.15, 0.2) is 0 Å². The van der Waals surface area contributed by atoms with Gasteiger partial charge in [0.25, 0.3) is 0 Å². The fourth-order valence-corrected chi connectivity index (χ4v) is 2.51. The Hall–Kier alpha value is -0.830.